The Morgan fingerprint density at radius 2 is 2.14 bits per heavy atom. The second kappa shape index (κ2) is 6.65. The molecule has 21 heavy (non-hydrogen) atoms. The Morgan fingerprint density at radius 1 is 1.38 bits per heavy atom. The third kappa shape index (κ3) is 3.77. The Kier molecular flexibility index (Phi) is 4.88. The SMILES string of the molecule is CCc1ccc(C(=O)/C=C/c2ccc(Cl)c([N+](=O)[O-])c2)s1. The van der Waals surface area contributed by atoms with Crippen LogP contribution >= 0.6 is 22.9 Å². The summed E-state index contributed by atoms with van der Waals surface area (Å²) in [4.78, 5) is 24.1. The van der Waals surface area contributed by atoms with Crippen molar-refractivity contribution >= 4 is 40.5 Å². The topological polar surface area (TPSA) is 60.2 Å². The highest BCUT2D eigenvalue weighted by Gasteiger charge is 2.12. The molecule has 0 saturated heterocycles. The summed E-state index contributed by atoms with van der Waals surface area (Å²) in [6.45, 7) is 2.03. The van der Waals surface area contributed by atoms with Crippen LogP contribution in [0.2, 0.25) is 5.02 Å². The van der Waals surface area contributed by atoms with Gasteiger partial charge >= 0.3 is 0 Å². The Balaban J connectivity index is 2.19. The Morgan fingerprint density at radius 3 is 2.76 bits per heavy atom. The number of hydrogen-bond acceptors (Lipinski definition) is 4. The van der Waals surface area contributed by atoms with E-state index in [1.165, 1.54) is 29.5 Å². The fraction of sp³-hybridized carbons (Fsp3) is 0.133. The van der Waals surface area contributed by atoms with E-state index in [-0.39, 0.29) is 16.5 Å². The lowest BCUT2D eigenvalue weighted by atomic mass is 10.1. The van der Waals surface area contributed by atoms with Gasteiger partial charge in [-0.05, 0) is 36.3 Å². The van der Waals surface area contributed by atoms with Crippen molar-refractivity contribution in [3.63, 3.8) is 0 Å². The van der Waals surface area contributed by atoms with E-state index in [0.717, 1.165) is 11.3 Å². The zero-order valence-electron chi connectivity index (χ0n) is 11.2. The molecule has 0 atom stereocenters. The van der Waals surface area contributed by atoms with Gasteiger partial charge < -0.3 is 0 Å². The molecule has 0 spiro atoms. The highest BCUT2D eigenvalue weighted by Crippen LogP contribution is 2.26. The third-order valence-corrected chi connectivity index (χ3v) is 4.41. The largest absolute Gasteiger partial charge is 0.288 e. The lowest BCUT2D eigenvalue weighted by molar-refractivity contribution is -0.384. The summed E-state index contributed by atoms with van der Waals surface area (Å²) in [6.07, 6.45) is 3.86. The predicted molar refractivity (Wildman–Crippen MR) is 85.2 cm³/mol. The van der Waals surface area contributed by atoms with E-state index in [4.69, 9.17) is 11.6 Å². The number of nitrogens with zero attached hydrogens (tertiary/aromatic N) is 1. The maximum atomic E-state index is 12.0. The quantitative estimate of drug-likeness (QED) is 0.345. The van der Waals surface area contributed by atoms with Crippen molar-refractivity contribution in [1.29, 1.82) is 0 Å². The Bertz CT molecular complexity index is 721. The number of nitro groups is 1. The van der Waals surface area contributed by atoms with Gasteiger partial charge in [0.25, 0.3) is 5.69 Å². The van der Waals surface area contributed by atoms with Crippen molar-refractivity contribution in [2.45, 2.75) is 13.3 Å². The number of halogens is 1. The Hall–Kier alpha value is -1.98. The van der Waals surface area contributed by atoms with Crippen molar-refractivity contribution in [1.82, 2.24) is 0 Å². The van der Waals surface area contributed by atoms with E-state index >= 15 is 0 Å². The average Bonchev–Trinajstić information content (AvgIpc) is 2.94. The highest BCUT2D eigenvalue weighted by atomic mass is 35.5. The molecule has 1 heterocycles. The van der Waals surface area contributed by atoms with Crippen LogP contribution in [-0.2, 0) is 6.42 Å². The first-order chi connectivity index (χ1) is 10.0. The van der Waals surface area contributed by atoms with Gasteiger partial charge in [0.15, 0.2) is 5.78 Å². The molecule has 0 radical (unpaired) electrons. The smallest absolute Gasteiger partial charge is 0.288 e. The lowest BCUT2D eigenvalue weighted by Crippen LogP contribution is -1.91. The third-order valence-electron chi connectivity index (χ3n) is 2.85. The molecule has 2 rings (SSSR count). The normalized spacial score (nSPS) is 11.0. The number of rotatable bonds is 5. The van der Waals surface area contributed by atoms with Crippen LogP contribution < -0.4 is 0 Å². The number of nitro benzene ring substituents is 1. The Labute approximate surface area is 130 Å². The molecule has 0 aliphatic heterocycles. The number of aryl methyl sites for hydroxylation is 1. The summed E-state index contributed by atoms with van der Waals surface area (Å²) in [7, 11) is 0. The van der Waals surface area contributed by atoms with Gasteiger partial charge in [-0.2, -0.15) is 0 Å². The van der Waals surface area contributed by atoms with E-state index in [2.05, 4.69) is 0 Å². The minimum absolute atomic E-state index is 0.0781. The first kappa shape index (κ1) is 15.4. The second-order valence-electron chi connectivity index (χ2n) is 4.29. The van der Waals surface area contributed by atoms with Crippen LogP contribution in [0.25, 0.3) is 6.08 Å². The minimum atomic E-state index is -0.547. The van der Waals surface area contributed by atoms with Crippen LogP contribution in [0.3, 0.4) is 0 Å². The number of ketones is 1. The van der Waals surface area contributed by atoms with Crippen LogP contribution in [0.4, 0.5) is 5.69 Å². The van der Waals surface area contributed by atoms with Crippen molar-refractivity contribution in [2.24, 2.45) is 0 Å². The fourth-order valence-corrected chi connectivity index (χ4v) is 2.78. The monoisotopic (exact) mass is 321 g/mol. The first-order valence-electron chi connectivity index (χ1n) is 6.26. The van der Waals surface area contributed by atoms with Gasteiger partial charge in [-0.3, -0.25) is 14.9 Å². The van der Waals surface area contributed by atoms with Crippen LogP contribution in [0.5, 0.6) is 0 Å². The lowest BCUT2D eigenvalue weighted by Gasteiger charge is -1.97. The molecule has 0 fully saturated rings. The molecule has 1 aromatic heterocycles. The minimum Gasteiger partial charge on any atom is -0.288 e. The molecule has 0 bridgehead atoms. The molecular weight excluding hydrogens is 310 g/mol. The first-order valence-corrected chi connectivity index (χ1v) is 7.45. The number of thiophene rings is 1. The molecular formula is C15H12ClNO3S. The molecule has 6 heteroatoms. The number of carbonyl (C=O) groups excluding carboxylic acids is 1. The van der Waals surface area contributed by atoms with E-state index in [1.54, 1.807) is 18.2 Å². The summed E-state index contributed by atoms with van der Waals surface area (Å²) in [5.74, 6) is -0.114. The van der Waals surface area contributed by atoms with Gasteiger partial charge in [0.2, 0.25) is 0 Å². The van der Waals surface area contributed by atoms with Crippen molar-refractivity contribution in [3.8, 4) is 0 Å². The van der Waals surface area contributed by atoms with Crippen LogP contribution in [-0.4, -0.2) is 10.7 Å². The van der Waals surface area contributed by atoms with Crippen LogP contribution in [0, 0.1) is 10.1 Å². The number of carbonyl (C=O) groups is 1. The number of hydrogen-bond donors (Lipinski definition) is 0. The van der Waals surface area contributed by atoms with Crippen LogP contribution in [0.1, 0.15) is 27.0 Å². The molecule has 0 amide bonds. The molecule has 2 aromatic rings. The van der Waals surface area contributed by atoms with Crippen molar-refractivity contribution < 1.29 is 9.72 Å². The molecule has 0 aliphatic rings. The maximum absolute atomic E-state index is 12.0. The number of benzene rings is 1. The maximum Gasteiger partial charge on any atom is 0.288 e. The standard InChI is InChI=1S/C15H12ClNO3S/c1-2-11-5-8-15(21-11)14(18)7-4-10-3-6-12(16)13(9-10)17(19)20/h3-9H,2H2,1H3/b7-4+. The van der Waals surface area contributed by atoms with E-state index in [1.807, 2.05) is 13.0 Å². The summed E-state index contributed by atoms with van der Waals surface area (Å²) < 4.78 is 0. The van der Waals surface area contributed by atoms with E-state index in [9.17, 15) is 14.9 Å². The van der Waals surface area contributed by atoms with Gasteiger partial charge in [0.1, 0.15) is 5.02 Å². The van der Waals surface area contributed by atoms with Crippen LogP contribution in [0.15, 0.2) is 36.4 Å². The number of allylic oxidation sites excluding steroid dienone is 1. The molecule has 1 aromatic carbocycles. The average molecular weight is 322 g/mol. The summed E-state index contributed by atoms with van der Waals surface area (Å²) in [5, 5.41) is 10.9. The van der Waals surface area contributed by atoms with E-state index in [0.29, 0.717) is 10.4 Å². The summed E-state index contributed by atoms with van der Waals surface area (Å²) in [6, 6.07) is 8.15. The zero-order valence-corrected chi connectivity index (χ0v) is 12.8. The molecule has 0 unspecified atom stereocenters. The molecule has 0 saturated carbocycles. The molecule has 4 nitrogen and oxygen atoms in total. The van der Waals surface area contributed by atoms with Gasteiger partial charge in [-0.1, -0.05) is 30.7 Å². The predicted octanol–water partition coefficient (Wildman–Crippen LogP) is 4.77. The second-order valence-corrected chi connectivity index (χ2v) is 5.86. The summed E-state index contributed by atoms with van der Waals surface area (Å²) in [5.41, 5.74) is 0.391. The summed E-state index contributed by atoms with van der Waals surface area (Å²) >= 11 is 7.19. The van der Waals surface area contributed by atoms with Gasteiger partial charge in [-0.25, -0.2) is 0 Å². The van der Waals surface area contributed by atoms with E-state index < -0.39 is 4.92 Å². The molecule has 0 aliphatic carbocycles. The van der Waals surface area contributed by atoms with Gasteiger partial charge in [-0.15, -0.1) is 11.3 Å². The molecule has 108 valence electrons. The van der Waals surface area contributed by atoms with Crippen molar-refractivity contribution in [3.05, 3.63) is 66.9 Å². The van der Waals surface area contributed by atoms with Gasteiger partial charge in [0, 0.05) is 10.9 Å². The zero-order chi connectivity index (χ0) is 15.4. The fourth-order valence-electron chi connectivity index (χ4n) is 1.73. The highest BCUT2D eigenvalue weighted by molar-refractivity contribution is 7.14. The van der Waals surface area contributed by atoms with Gasteiger partial charge in [0.05, 0.1) is 9.80 Å². The molecule has 0 N–H and O–H groups in total. The van der Waals surface area contributed by atoms with Crippen molar-refractivity contribution in [2.75, 3.05) is 0 Å².